The summed E-state index contributed by atoms with van der Waals surface area (Å²) in [4.78, 5) is 9.66. The third kappa shape index (κ3) is 5.58. The molecule has 1 N–H and O–H groups in total. The van der Waals surface area contributed by atoms with Crippen molar-refractivity contribution in [3.63, 3.8) is 0 Å². The SMILES string of the molecule is CCNC(=NCCN(C)CC)N1CC2CCCCC2C1.I. The highest BCUT2D eigenvalue weighted by molar-refractivity contribution is 14.0. The van der Waals surface area contributed by atoms with Crippen LogP contribution in [0.2, 0.25) is 0 Å². The minimum atomic E-state index is 0. The van der Waals surface area contributed by atoms with E-state index in [2.05, 4.69) is 36.0 Å². The predicted molar refractivity (Wildman–Crippen MR) is 102 cm³/mol. The average Bonchev–Trinajstić information content (AvgIpc) is 2.89. The Hall–Kier alpha value is -0.0400. The molecule has 21 heavy (non-hydrogen) atoms. The summed E-state index contributed by atoms with van der Waals surface area (Å²) >= 11 is 0. The lowest BCUT2D eigenvalue weighted by molar-refractivity contribution is 0.299. The molecule has 5 heteroatoms. The fourth-order valence-electron chi connectivity index (χ4n) is 3.49. The standard InChI is InChI=1S/C16H32N4.HI/c1-4-17-16(18-10-11-19(3)5-2)20-12-14-8-6-7-9-15(14)13-20;/h14-15H,4-13H2,1-3H3,(H,17,18);1H. The molecular weight excluding hydrogens is 375 g/mol. The summed E-state index contributed by atoms with van der Waals surface area (Å²) in [5.41, 5.74) is 0. The smallest absolute Gasteiger partial charge is 0.193 e. The van der Waals surface area contributed by atoms with Gasteiger partial charge in [0.1, 0.15) is 0 Å². The van der Waals surface area contributed by atoms with E-state index in [1.807, 2.05) is 0 Å². The van der Waals surface area contributed by atoms with Crippen molar-refractivity contribution in [1.82, 2.24) is 15.1 Å². The van der Waals surface area contributed by atoms with Crippen molar-refractivity contribution in [2.75, 3.05) is 46.3 Å². The van der Waals surface area contributed by atoms with Crippen LogP contribution >= 0.6 is 24.0 Å². The first-order chi connectivity index (χ1) is 9.74. The molecule has 1 aliphatic heterocycles. The van der Waals surface area contributed by atoms with Crippen LogP contribution in [0.25, 0.3) is 0 Å². The lowest BCUT2D eigenvalue weighted by Gasteiger charge is -2.22. The molecule has 2 fully saturated rings. The van der Waals surface area contributed by atoms with Crippen molar-refractivity contribution in [3.05, 3.63) is 0 Å². The van der Waals surface area contributed by atoms with Gasteiger partial charge >= 0.3 is 0 Å². The average molecular weight is 408 g/mol. The Kier molecular flexibility index (Phi) is 8.94. The van der Waals surface area contributed by atoms with Crippen molar-refractivity contribution >= 4 is 29.9 Å². The minimum absolute atomic E-state index is 0. The third-order valence-corrected chi connectivity index (χ3v) is 4.89. The molecule has 0 aromatic heterocycles. The Morgan fingerprint density at radius 1 is 1.19 bits per heavy atom. The van der Waals surface area contributed by atoms with Crippen LogP contribution in [0.1, 0.15) is 39.5 Å². The molecule has 0 aromatic rings. The molecule has 1 aliphatic carbocycles. The number of halogens is 1. The molecule has 124 valence electrons. The Balaban J connectivity index is 0.00000220. The summed E-state index contributed by atoms with van der Waals surface area (Å²) in [6, 6.07) is 0. The van der Waals surface area contributed by atoms with Crippen LogP contribution in [0.3, 0.4) is 0 Å². The fraction of sp³-hybridized carbons (Fsp3) is 0.938. The summed E-state index contributed by atoms with van der Waals surface area (Å²) in [6.07, 6.45) is 5.73. The van der Waals surface area contributed by atoms with Crippen LogP contribution in [0, 0.1) is 11.8 Å². The number of guanidine groups is 1. The molecule has 4 nitrogen and oxygen atoms in total. The molecule has 2 unspecified atom stereocenters. The molecule has 0 bridgehead atoms. The van der Waals surface area contributed by atoms with E-state index in [4.69, 9.17) is 4.99 Å². The highest BCUT2D eigenvalue weighted by atomic mass is 127. The number of aliphatic imine (C=N–C) groups is 1. The normalized spacial score (nSPS) is 25.7. The van der Waals surface area contributed by atoms with Crippen LogP contribution in [0.15, 0.2) is 4.99 Å². The first kappa shape index (κ1) is 19.0. The lowest BCUT2D eigenvalue weighted by atomic mass is 9.82. The molecule has 0 amide bonds. The van der Waals surface area contributed by atoms with E-state index in [1.54, 1.807) is 0 Å². The topological polar surface area (TPSA) is 30.9 Å². The molecule has 0 radical (unpaired) electrons. The van der Waals surface area contributed by atoms with Gasteiger partial charge in [0.05, 0.1) is 6.54 Å². The maximum absolute atomic E-state index is 4.83. The van der Waals surface area contributed by atoms with Crippen molar-refractivity contribution in [2.24, 2.45) is 16.8 Å². The Morgan fingerprint density at radius 2 is 1.81 bits per heavy atom. The molecule has 2 aliphatic rings. The number of fused-ring (bicyclic) bond motifs is 1. The van der Waals surface area contributed by atoms with Gasteiger partial charge in [0.25, 0.3) is 0 Å². The molecular formula is C16H33IN4. The lowest BCUT2D eigenvalue weighted by Crippen LogP contribution is -2.40. The van der Waals surface area contributed by atoms with Gasteiger partial charge in [-0.1, -0.05) is 19.8 Å². The highest BCUT2D eigenvalue weighted by Crippen LogP contribution is 2.35. The maximum Gasteiger partial charge on any atom is 0.193 e. The minimum Gasteiger partial charge on any atom is -0.357 e. The number of likely N-dealkylation sites (tertiary alicyclic amines) is 1. The van der Waals surface area contributed by atoms with Gasteiger partial charge in [0, 0.05) is 26.2 Å². The summed E-state index contributed by atoms with van der Waals surface area (Å²) in [5.74, 6) is 2.99. The van der Waals surface area contributed by atoms with Gasteiger partial charge in [-0.3, -0.25) is 4.99 Å². The molecule has 2 rings (SSSR count). The van der Waals surface area contributed by atoms with Crippen molar-refractivity contribution in [3.8, 4) is 0 Å². The number of hydrogen-bond acceptors (Lipinski definition) is 2. The van der Waals surface area contributed by atoms with E-state index in [9.17, 15) is 0 Å². The summed E-state index contributed by atoms with van der Waals surface area (Å²) in [6.45, 7) is 10.8. The summed E-state index contributed by atoms with van der Waals surface area (Å²) < 4.78 is 0. The predicted octanol–water partition coefficient (Wildman–Crippen LogP) is 2.64. The number of rotatable bonds is 5. The second-order valence-electron chi connectivity index (χ2n) is 6.34. The first-order valence-electron chi connectivity index (χ1n) is 8.46. The van der Waals surface area contributed by atoms with E-state index >= 15 is 0 Å². The van der Waals surface area contributed by atoms with Crippen LogP contribution in [-0.2, 0) is 0 Å². The van der Waals surface area contributed by atoms with Crippen LogP contribution in [0.4, 0.5) is 0 Å². The van der Waals surface area contributed by atoms with Gasteiger partial charge in [0.2, 0.25) is 0 Å². The maximum atomic E-state index is 4.83. The third-order valence-electron chi connectivity index (χ3n) is 4.89. The zero-order valence-corrected chi connectivity index (χ0v) is 16.3. The fourth-order valence-corrected chi connectivity index (χ4v) is 3.49. The summed E-state index contributed by atoms with van der Waals surface area (Å²) in [7, 11) is 2.16. The monoisotopic (exact) mass is 408 g/mol. The molecule has 2 atom stereocenters. The van der Waals surface area contributed by atoms with Crippen molar-refractivity contribution < 1.29 is 0 Å². The number of hydrogen-bond donors (Lipinski definition) is 1. The molecule has 1 heterocycles. The first-order valence-corrected chi connectivity index (χ1v) is 8.46. The zero-order valence-electron chi connectivity index (χ0n) is 14.0. The van der Waals surface area contributed by atoms with Crippen LogP contribution < -0.4 is 5.32 Å². The number of nitrogens with one attached hydrogen (secondary N) is 1. The van der Waals surface area contributed by atoms with E-state index in [1.165, 1.54) is 38.8 Å². The van der Waals surface area contributed by atoms with Crippen molar-refractivity contribution in [2.45, 2.75) is 39.5 Å². The Morgan fingerprint density at radius 3 is 2.33 bits per heavy atom. The zero-order chi connectivity index (χ0) is 14.4. The summed E-state index contributed by atoms with van der Waals surface area (Å²) in [5, 5.41) is 3.48. The van der Waals surface area contributed by atoms with E-state index in [0.29, 0.717) is 0 Å². The van der Waals surface area contributed by atoms with Gasteiger partial charge in [-0.25, -0.2) is 0 Å². The Bertz CT molecular complexity index is 307. The van der Waals surface area contributed by atoms with Gasteiger partial charge in [-0.2, -0.15) is 0 Å². The van der Waals surface area contributed by atoms with Gasteiger partial charge in [0.15, 0.2) is 5.96 Å². The van der Waals surface area contributed by atoms with E-state index in [0.717, 1.165) is 44.0 Å². The number of nitrogens with zero attached hydrogens (tertiary/aromatic N) is 3. The number of likely N-dealkylation sites (N-methyl/N-ethyl adjacent to an activating group) is 1. The molecule has 0 aromatic carbocycles. The highest BCUT2D eigenvalue weighted by Gasteiger charge is 2.35. The molecule has 0 spiro atoms. The van der Waals surface area contributed by atoms with Gasteiger partial charge in [-0.05, 0) is 45.2 Å². The Labute approximate surface area is 147 Å². The second-order valence-corrected chi connectivity index (χ2v) is 6.34. The van der Waals surface area contributed by atoms with E-state index < -0.39 is 0 Å². The van der Waals surface area contributed by atoms with Gasteiger partial charge in [-0.15, -0.1) is 24.0 Å². The second kappa shape index (κ2) is 9.87. The van der Waals surface area contributed by atoms with Crippen molar-refractivity contribution in [1.29, 1.82) is 0 Å². The molecule has 1 saturated heterocycles. The van der Waals surface area contributed by atoms with Crippen LogP contribution in [-0.4, -0.2) is 62.1 Å². The van der Waals surface area contributed by atoms with Crippen LogP contribution in [0.5, 0.6) is 0 Å². The largest absolute Gasteiger partial charge is 0.357 e. The molecule has 1 saturated carbocycles. The van der Waals surface area contributed by atoms with E-state index in [-0.39, 0.29) is 24.0 Å². The van der Waals surface area contributed by atoms with Gasteiger partial charge < -0.3 is 15.1 Å². The quantitative estimate of drug-likeness (QED) is 0.431.